The average molecular weight is 400 g/mol. The van der Waals surface area contributed by atoms with Crippen LogP contribution in [0.1, 0.15) is 43.4 Å². The SMILES string of the molecule is CCOc1ccc([C@H]2Nc3ccc4ncccc4c3C3=C2C(=O)CCC3)cc1OC. The highest BCUT2D eigenvalue weighted by Gasteiger charge is 2.35. The average Bonchev–Trinajstić information content (AvgIpc) is 2.78. The summed E-state index contributed by atoms with van der Waals surface area (Å²) in [7, 11) is 1.64. The van der Waals surface area contributed by atoms with Crippen molar-refractivity contribution >= 4 is 27.9 Å². The van der Waals surface area contributed by atoms with Gasteiger partial charge in [-0.2, -0.15) is 0 Å². The number of carbonyl (C=O) groups is 1. The molecule has 1 aromatic heterocycles. The number of nitrogens with zero attached hydrogens (tertiary/aromatic N) is 1. The lowest BCUT2D eigenvalue weighted by molar-refractivity contribution is -0.116. The molecule has 1 aliphatic heterocycles. The van der Waals surface area contributed by atoms with E-state index in [9.17, 15) is 4.79 Å². The van der Waals surface area contributed by atoms with E-state index in [-0.39, 0.29) is 11.8 Å². The van der Waals surface area contributed by atoms with Gasteiger partial charge in [0.15, 0.2) is 17.3 Å². The van der Waals surface area contributed by atoms with Gasteiger partial charge in [-0.25, -0.2) is 0 Å². The molecule has 0 bridgehead atoms. The molecule has 2 aromatic carbocycles. The summed E-state index contributed by atoms with van der Waals surface area (Å²) in [6, 6.07) is 13.9. The van der Waals surface area contributed by atoms with Gasteiger partial charge in [0.05, 0.1) is 25.3 Å². The lowest BCUT2D eigenvalue weighted by Crippen LogP contribution is -2.27. The van der Waals surface area contributed by atoms with E-state index >= 15 is 0 Å². The Kier molecular flexibility index (Phi) is 4.66. The fourth-order valence-corrected chi connectivity index (χ4v) is 4.67. The maximum Gasteiger partial charge on any atom is 0.161 e. The number of rotatable bonds is 4. The lowest BCUT2D eigenvalue weighted by Gasteiger charge is -2.35. The molecule has 1 N–H and O–H groups in total. The third kappa shape index (κ3) is 2.93. The monoisotopic (exact) mass is 400 g/mol. The van der Waals surface area contributed by atoms with Crippen molar-refractivity contribution in [1.82, 2.24) is 4.98 Å². The van der Waals surface area contributed by atoms with Crippen LogP contribution in [-0.2, 0) is 4.79 Å². The zero-order valence-electron chi connectivity index (χ0n) is 17.2. The predicted molar refractivity (Wildman–Crippen MR) is 118 cm³/mol. The molecule has 0 saturated heterocycles. The number of hydrogen-bond acceptors (Lipinski definition) is 5. The number of methoxy groups -OCH3 is 1. The maximum absolute atomic E-state index is 13.1. The molecule has 3 aromatic rings. The molecule has 0 unspecified atom stereocenters. The Morgan fingerprint density at radius 1 is 1.13 bits per heavy atom. The first kappa shape index (κ1) is 18.7. The van der Waals surface area contributed by atoms with Gasteiger partial charge in [0.1, 0.15) is 0 Å². The summed E-state index contributed by atoms with van der Waals surface area (Å²) in [5, 5.41) is 4.73. The maximum atomic E-state index is 13.1. The summed E-state index contributed by atoms with van der Waals surface area (Å²) in [6.07, 6.45) is 4.17. The molecule has 0 amide bonds. The van der Waals surface area contributed by atoms with Crippen LogP contribution in [0, 0.1) is 0 Å². The van der Waals surface area contributed by atoms with Crippen LogP contribution in [0.5, 0.6) is 11.5 Å². The van der Waals surface area contributed by atoms with E-state index < -0.39 is 0 Å². The Balaban J connectivity index is 1.70. The van der Waals surface area contributed by atoms with Crippen molar-refractivity contribution in [3.8, 4) is 11.5 Å². The van der Waals surface area contributed by atoms with Gasteiger partial charge in [0.25, 0.3) is 0 Å². The van der Waals surface area contributed by atoms with Gasteiger partial charge in [-0.3, -0.25) is 9.78 Å². The Bertz CT molecular complexity index is 1180. The number of anilines is 1. The van der Waals surface area contributed by atoms with Gasteiger partial charge in [0.2, 0.25) is 0 Å². The molecule has 0 saturated carbocycles. The van der Waals surface area contributed by atoms with Gasteiger partial charge < -0.3 is 14.8 Å². The Morgan fingerprint density at radius 2 is 2.03 bits per heavy atom. The number of aromatic nitrogens is 1. The van der Waals surface area contributed by atoms with Gasteiger partial charge >= 0.3 is 0 Å². The lowest BCUT2D eigenvalue weighted by atomic mass is 9.77. The smallest absolute Gasteiger partial charge is 0.161 e. The Labute approximate surface area is 175 Å². The molecule has 0 fully saturated rings. The first-order chi connectivity index (χ1) is 14.7. The quantitative estimate of drug-likeness (QED) is 0.643. The number of ketones is 1. The van der Waals surface area contributed by atoms with Crippen molar-refractivity contribution in [2.24, 2.45) is 0 Å². The third-order valence-electron chi connectivity index (χ3n) is 5.95. The van der Waals surface area contributed by atoms with E-state index in [4.69, 9.17) is 9.47 Å². The van der Waals surface area contributed by atoms with E-state index in [0.29, 0.717) is 24.5 Å². The molecule has 1 aliphatic carbocycles. The molecule has 5 rings (SSSR count). The minimum Gasteiger partial charge on any atom is -0.493 e. The standard InChI is InChI=1S/C25H24N2O3/c1-3-30-21-12-9-15(14-22(21)29-2)25-24-17(6-4-8-20(24)28)23-16-7-5-13-26-18(16)10-11-19(23)27-25/h5,7,9-14,25,27H,3-4,6,8H2,1-2H3/t25-/m1/s1. The first-order valence-corrected chi connectivity index (χ1v) is 10.4. The number of benzene rings is 2. The summed E-state index contributed by atoms with van der Waals surface area (Å²) in [4.78, 5) is 17.6. The third-order valence-corrected chi connectivity index (χ3v) is 5.95. The number of Topliss-reactive ketones (excluding diaryl/α,β-unsaturated/α-hetero) is 1. The van der Waals surface area contributed by atoms with Crippen molar-refractivity contribution in [2.75, 3.05) is 19.0 Å². The van der Waals surface area contributed by atoms with Crippen LogP contribution in [-0.4, -0.2) is 24.5 Å². The van der Waals surface area contributed by atoms with Crippen LogP contribution < -0.4 is 14.8 Å². The molecule has 30 heavy (non-hydrogen) atoms. The van der Waals surface area contributed by atoms with Crippen LogP contribution in [0.25, 0.3) is 16.5 Å². The fourth-order valence-electron chi connectivity index (χ4n) is 4.67. The highest BCUT2D eigenvalue weighted by Crippen LogP contribution is 2.48. The largest absolute Gasteiger partial charge is 0.493 e. The fraction of sp³-hybridized carbons (Fsp3) is 0.280. The van der Waals surface area contributed by atoms with E-state index in [0.717, 1.165) is 51.7 Å². The molecule has 2 heterocycles. The van der Waals surface area contributed by atoms with Crippen LogP contribution in [0.4, 0.5) is 5.69 Å². The minimum atomic E-state index is -0.209. The van der Waals surface area contributed by atoms with Gasteiger partial charge in [-0.15, -0.1) is 0 Å². The Hall–Kier alpha value is -3.34. The molecule has 5 nitrogen and oxygen atoms in total. The van der Waals surface area contributed by atoms with Crippen LogP contribution in [0.2, 0.25) is 0 Å². The van der Waals surface area contributed by atoms with Crippen molar-refractivity contribution in [3.63, 3.8) is 0 Å². The second-order valence-electron chi connectivity index (χ2n) is 7.65. The van der Waals surface area contributed by atoms with E-state index in [1.807, 2.05) is 37.3 Å². The number of ether oxygens (including phenoxy) is 2. The minimum absolute atomic E-state index is 0.209. The second kappa shape index (κ2) is 7.48. The molecular formula is C25H24N2O3. The van der Waals surface area contributed by atoms with E-state index in [2.05, 4.69) is 22.4 Å². The van der Waals surface area contributed by atoms with Gasteiger partial charge in [-0.1, -0.05) is 12.1 Å². The number of pyridine rings is 1. The molecule has 0 spiro atoms. The number of allylic oxidation sites excluding steroid dienone is 1. The van der Waals surface area contributed by atoms with Crippen molar-refractivity contribution in [1.29, 1.82) is 0 Å². The normalized spacial score (nSPS) is 17.9. The van der Waals surface area contributed by atoms with Crippen molar-refractivity contribution in [3.05, 3.63) is 65.4 Å². The van der Waals surface area contributed by atoms with E-state index in [1.165, 1.54) is 0 Å². The summed E-state index contributed by atoms with van der Waals surface area (Å²) in [6.45, 7) is 2.52. The predicted octanol–water partition coefficient (Wildman–Crippen LogP) is 5.32. The van der Waals surface area contributed by atoms with Crippen LogP contribution in [0.3, 0.4) is 0 Å². The summed E-state index contributed by atoms with van der Waals surface area (Å²) < 4.78 is 11.2. The highest BCUT2D eigenvalue weighted by molar-refractivity contribution is 6.12. The topological polar surface area (TPSA) is 60.5 Å². The second-order valence-corrected chi connectivity index (χ2v) is 7.65. The van der Waals surface area contributed by atoms with E-state index in [1.54, 1.807) is 13.3 Å². The summed E-state index contributed by atoms with van der Waals surface area (Å²) in [5.41, 5.74) is 6.13. The zero-order chi connectivity index (χ0) is 20.7. The number of carbonyl (C=O) groups excluding carboxylic acids is 1. The van der Waals surface area contributed by atoms with Crippen molar-refractivity contribution in [2.45, 2.75) is 32.2 Å². The molecule has 2 aliphatic rings. The molecular weight excluding hydrogens is 376 g/mol. The molecule has 0 radical (unpaired) electrons. The summed E-state index contributed by atoms with van der Waals surface area (Å²) in [5.74, 6) is 1.60. The molecule has 152 valence electrons. The first-order valence-electron chi connectivity index (χ1n) is 10.4. The molecule has 5 heteroatoms. The number of nitrogens with one attached hydrogen (secondary N) is 1. The van der Waals surface area contributed by atoms with Gasteiger partial charge in [-0.05, 0) is 61.2 Å². The van der Waals surface area contributed by atoms with Crippen LogP contribution >= 0.6 is 0 Å². The summed E-state index contributed by atoms with van der Waals surface area (Å²) >= 11 is 0. The van der Waals surface area contributed by atoms with Crippen molar-refractivity contribution < 1.29 is 14.3 Å². The number of fused-ring (bicyclic) bond motifs is 4. The zero-order valence-corrected chi connectivity index (χ0v) is 17.2. The highest BCUT2D eigenvalue weighted by atomic mass is 16.5. The number of hydrogen-bond donors (Lipinski definition) is 1. The van der Waals surface area contributed by atoms with Crippen LogP contribution in [0.15, 0.2) is 54.2 Å². The molecule has 1 atom stereocenters. The van der Waals surface area contributed by atoms with Gasteiger partial charge in [0, 0.05) is 34.8 Å². The Morgan fingerprint density at radius 3 is 2.87 bits per heavy atom.